The Hall–Kier alpha value is -2.33. The van der Waals surface area contributed by atoms with Crippen LogP contribution in [0.1, 0.15) is 17.2 Å². The lowest BCUT2D eigenvalue weighted by Gasteiger charge is -2.19. The smallest absolute Gasteiger partial charge is 0.131 e. The van der Waals surface area contributed by atoms with Crippen molar-refractivity contribution in [3.63, 3.8) is 0 Å². The predicted molar refractivity (Wildman–Crippen MR) is 79.0 cm³/mol. The minimum atomic E-state index is -0.578. The molecule has 1 aromatic heterocycles. The van der Waals surface area contributed by atoms with Crippen LogP contribution in [-0.4, -0.2) is 12.0 Å². The average Bonchev–Trinajstić information content (AvgIpc) is 2.50. The summed E-state index contributed by atoms with van der Waals surface area (Å²) in [7, 11) is 1.75. The molecule has 3 aromatic rings. The van der Waals surface area contributed by atoms with Gasteiger partial charge in [-0.1, -0.05) is 24.3 Å². The van der Waals surface area contributed by atoms with Gasteiger partial charge in [-0.3, -0.25) is 4.98 Å². The van der Waals surface area contributed by atoms with Crippen LogP contribution in [0.15, 0.2) is 54.7 Å². The number of hydrogen-bond donors (Lipinski definition) is 1. The summed E-state index contributed by atoms with van der Waals surface area (Å²) in [6.45, 7) is 0. The maximum atomic E-state index is 14.1. The van der Waals surface area contributed by atoms with Crippen molar-refractivity contribution in [3.8, 4) is 0 Å². The number of rotatable bonds is 3. The summed E-state index contributed by atoms with van der Waals surface area (Å²) in [6.07, 6.45) is 1.72. The molecule has 106 valence electrons. The molecule has 0 aliphatic carbocycles. The topological polar surface area (TPSA) is 24.9 Å². The first kappa shape index (κ1) is 13.6. The van der Waals surface area contributed by atoms with Crippen molar-refractivity contribution in [2.24, 2.45) is 0 Å². The summed E-state index contributed by atoms with van der Waals surface area (Å²) < 4.78 is 27.2. The Kier molecular flexibility index (Phi) is 3.62. The van der Waals surface area contributed by atoms with E-state index in [-0.39, 0.29) is 6.04 Å². The number of hydrogen-bond acceptors (Lipinski definition) is 2. The zero-order valence-corrected chi connectivity index (χ0v) is 11.5. The van der Waals surface area contributed by atoms with Crippen molar-refractivity contribution < 1.29 is 8.78 Å². The highest BCUT2D eigenvalue weighted by Crippen LogP contribution is 2.29. The fraction of sp³-hybridized carbons (Fsp3) is 0.118. The van der Waals surface area contributed by atoms with Crippen molar-refractivity contribution in [2.45, 2.75) is 6.04 Å². The molecular weight excluding hydrogens is 270 g/mol. The molecule has 0 aliphatic heterocycles. The molecule has 21 heavy (non-hydrogen) atoms. The van der Waals surface area contributed by atoms with E-state index in [0.717, 1.165) is 22.5 Å². The summed E-state index contributed by atoms with van der Waals surface area (Å²) in [5.41, 5.74) is 2.17. The summed E-state index contributed by atoms with van der Waals surface area (Å²) in [5.74, 6) is -1.14. The first-order chi connectivity index (χ1) is 10.2. The summed E-state index contributed by atoms with van der Waals surface area (Å²) in [4.78, 5) is 4.31. The first-order valence-electron chi connectivity index (χ1n) is 6.66. The second-order valence-electron chi connectivity index (χ2n) is 4.80. The third-order valence-corrected chi connectivity index (χ3v) is 3.55. The molecule has 1 atom stereocenters. The Morgan fingerprint density at radius 3 is 2.62 bits per heavy atom. The zero-order chi connectivity index (χ0) is 14.8. The Bertz CT molecular complexity index is 781. The molecule has 2 nitrogen and oxygen atoms in total. The van der Waals surface area contributed by atoms with Crippen molar-refractivity contribution >= 4 is 10.9 Å². The second-order valence-corrected chi connectivity index (χ2v) is 4.80. The van der Waals surface area contributed by atoms with Crippen molar-refractivity contribution in [2.75, 3.05) is 7.05 Å². The SMILES string of the molecule is CNC(c1ccc(F)cc1F)c1cccc2ncccc12. The molecule has 4 heteroatoms. The van der Waals surface area contributed by atoms with Crippen LogP contribution in [0.3, 0.4) is 0 Å². The third kappa shape index (κ3) is 2.50. The summed E-state index contributed by atoms with van der Waals surface area (Å²) in [5, 5.41) is 4.04. The number of pyridine rings is 1. The fourth-order valence-corrected chi connectivity index (χ4v) is 2.59. The predicted octanol–water partition coefficient (Wildman–Crippen LogP) is 3.82. The molecule has 0 fully saturated rings. The molecule has 0 saturated carbocycles. The van der Waals surface area contributed by atoms with E-state index in [4.69, 9.17) is 0 Å². The van der Waals surface area contributed by atoms with Gasteiger partial charge in [0.25, 0.3) is 0 Å². The van der Waals surface area contributed by atoms with Gasteiger partial charge in [0.2, 0.25) is 0 Å². The maximum Gasteiger partial charge on any atom is 0.131 e. The van der Waals surface area contributed by atoms with E-state index < -0.39 is 11.6 Å². The Labute approximate surface area is 121 Å². The summed E-state index contributed by atoms with van der Waals surface area (Å²) in [6, 6.07) is 12.8. The standard InChI is InChI=1S/C17H14F2N2/c1-20-17(14-8-7-11(18)10-15(14)19)13-4-2-6-16-12(13)5-3-9-21-16/h2-10,17,20H,1H3. The number of aromatic nitrogens is 1. The summed E-state index contributed by atoms with van der Waals surface area (Å²) >= 11 is 0. The van der Waals surface area contributed by atoms with E-state index in [1.165, 1.54) is 12.1 Å². The minimum absolute atomic E-state index is 0.363. The van der Waals surface area contributed by atoms with Crippen LogP contribution in [0, 0.1) is 11.6 Å². The highest BCUT2D eigenvalue weighted by Gasteiger charge is 2.18. The molecular formula is C17H14F2N2. The second kappa shape index (κ2) is 5.58. The number of halogens is 2. The molecule has 1 unspecified atom stereocenters. The van der Waals surface area contributed by atoms with Gasteiger partial charge in [0.05, 0.1) is 11.6 Å². The van der Waals surface area contributed by atoms with Gasteiger partial charge < -0.3 is 5.32 Å². The average molecular weight is 284 g/mol. The molecule has 0 radical (unpaired) electrons. The van der Waals surface area contributed by atoms with Crippen LogP contribution in [0.25, 0.3) is 10.9 Å². The van der Waals surface area contributed by atoms with Crippen LogP contribution in [0.5, 0.6) is 0 Å². The lowest BCUT2D eigenvalue weighted by Crippen LogP contribution is -2.19. The Morgan fingerprint density at radius 1 is 1.00 bits per heavy atom. The van der Waals surface area contributed by atoms with Crippen LogP contribution in [0.2, 0.25) is 0 Å². The number of nitrogens with zero attached hydrogens (tertiary/aromatic N) is 1. The largest absolute Gasteiger partial charge is 0.309 e. The molecule has 0 saturated heterocycles. The lowest BCUT2D eigenvalue weighted by atomic mass is 9.95. The van der Waals surface area contributed by atoms with Gasteiger partial charge in [0.1, 0.15) is 11.6 Å². The Morgan fingerprint density at radius 2 is 1.86 bits per heavy atom. The van der Waals surface area contributed by atoms with Crippen molar-refractivity contribution in [1.82, 2.24) is 10.3 Å². The van der Waals surface area contributed by atoms with E-state index in [1.807, 2.05) is 30.3 Å². The van der Waals surface area contributed by atoms with E-state index in [2.05, 4.69) is 10.3 Å². The Balaban J connectivity index is 2.18. The quantitative estimate of drug-likeness (QED) is 0.791. The van der Waals surface area contributed by atoms with Gasteiger partial charge in [0, 0.05) is 23.2 Å². The molecule has 0 amide bonds. The van der Waals surface area contributed by atoms with E-state index >= 15 is 0 Å². The number of fused-ring (bicyclic) bond motifs is 1. The molecule has 1 N–H and O–H groups in total. The van der Waals surface area contributed by atoms with Crippen molar-refractivity contribution in [1.29, 1.82) is 0 Å². The number of benzene rings is 2. The number of nitrogens with one attached hydrogen (secondary N) is 1. The molecule has 0 spiro atoms. The van der Waals surface area contributed by atoms with E-state index in [0.29, 0.717) is 5.56 Å². The van der Waals surface area contributed by atoms with Crippen molar-refractivity contribution in [3.05, 3.63) is 77.5 Å². The monoisotopic (exact) mass is 284 g/mol. The first-order valence-corrected chi connectivity index (χ1v) is 6.66. The molecule has 1 heterocycles. The third-order valence-electron chi connectivity index (χ3n) is 3.55. The maximum absolute atomic E-state index is 14.1. The fourth-order valence-electron chi connectivity index (χ4n) is 2.59. The molecule has 2 aromatic carbocycles. The highest BCUT2D eigenvalue weighted by molar-refractivity contribution is 5.83. The van der Waals surface area contributed by atoms with E-state index in [1.54, 1.807) is 13.2 Å². The normalized spacial score (nSPS) is 12.5. The van der Waals surface area contributed by atoms with Crippen LogP contribution in [-0.2, 0) is 0 Å². The highest BCUT2D eigenvalue weighted by atomic mass is 19.1. The van der Waals surface area contributed by atoms with Crippen LogP contribution >= 0.6 is 0 Å². The minimum Gasteiger partial charge on any atom is -0.309 e. The molecule has 3 rings (SSSR count). The van der Waals surface area contributed by atoms with Gasteiger partial charge in [-0.25, -0.2) is 8.78 Å². The van der Waals surface area contributed by atoms with E-state index in [9.17, 15) is 8.78 Å². The van der Waals surface area contributed by atoms with Gasteiger partial charge >= 0.3 is 0 Å². The van der Waals surface area contributed by atoms with Gasteiger partial charge in [0.15, 0.2) is 0 Å². The van der Waals surface area contributed by atoms with Crippen LogP contribution < -0.4 is 5.32 Å². The van der Waals surface area contributed by atoms with Crippen LogP contribution in [0.4, 0.5) is 8.78 Å². The van der Waals surface area contributed by atoms with Gasteiger partial charge in [-0.05, 0) is 30.8 Å². The lowest BCUT2D eigenvalue weighted by molar-refractivity contribution is 0.552. The molecule has 0 bridgehead atoms. The zero-order valence-electron chi connectivity index (χ0n) is 11.5. The molecule has 0 aliphatic rings. The van der Waals surface area contributed by atoms with Gasteiger partial charge in [-0.15, -0.1) is 0 Å². The van der Waals surface area contributed by atoms with Gasteiger partial charge in [-0.2, -0.15) is 0 Å².